The quantitative estimate of drug-likeness (QED) is 0.298. The molecule has 0 spiro atoms. The summed E-state index contributed by atoms with van der Waals surface area (Å²) in [6.07, 6.45) is 8.56. The first kappa shape index (κ1) is 27.1. The average Bonchev–Trinajstić information content (AvgIpc) is 3.84. The maximum absolute atomic E-state index is 13.7. The molecule has 3 saturated carbocycles. The van der Waals surface area contributed by atoms with Gasteiger partial charge >= 0.3 is 0 Å². The molecule has 39 heavy (non-hydrogen) atoms. The Balaban J connectivity index is 0.00000151. The Morgan fingerprint density at radius 1 is 1.00 bits per heavy atom. The van der Waals surface area contributed by atoms with Crippen molar-refractivity contribution >= 4 is 17.5 Å². The van der Waals surface area contributed by atoms with Crippen molar-refractivity contribution in [3.8, 4) is 11.1 Å². The van der Waals surface area contributed by atoms with Crippen molar-refractivity contribution in [2.24, 2.45) is 17.8 Å². The molecule has 6 rings (SSSR count). The third kappa shape index (κ3) is 5.93. The Bertz CT molecular complexity index is 1290. The lowest BCUT2D eigenvalue weighted by molar-refractivity contribution is -0.119. The van der Waals surface area contributed by atoms with Crippen molar-refractivity contribution in [3.05, 3.63) is 53.6 Å². The van der Waals surface area contributed by atoms with Crippen LogP contribution in [-0.2, 0) is 4.79 Å². The molecule has 3 aliphatic carbocycles. The highest BCUT2D eigenvalue weighted by molar-refractivity contribution is 6.01. The summed E-state index contributed by atoms with van der Waals surface area (Å²) in [7, 11) is 1.00. The molecule has 1 atom stereocenters. The summed E-state index contributed by atoms with van der Waals surface area (Å²) in [5.74, 6) is 1.36. The van der Waals surface area contributed by atoms with Crippen LogP contribution in [-0.4, -0.2) is 50.1 Å². The zero-order valence-electron chi connectivity index (χ0n) is 23.3. The molecule has 1 aromatic carbocycles. The molecule has 0 saturated heterocycles. The Morgan fingerprint density at radius 3 is 2.21 bits per heavy atom. The van der Waals surface area contributed by atoms with E-state index in [1.165, 1.54) is 18.4 Å². The lowest BCUT2D eigenvalue weighted by Crippen LogP contribution is -2.50. The van der Waals surface area contributed by atoms with Gasteiger partial charge in [-0.3, -0.25) is 19.4 Å². The lowest BCUT2D eigenvalue weighted by atomic mass is 9.88. The van der Waals surface area contributed by atoms with E-state index in [0.717, 1.165) is 55.4 Å². The van der Waals surface area contributed by atoms with Gasteiger partial charge in [0.05, 0.1) is 5.69 Å². The molecule has 4 N–H and O–H groups in total. The SMILES string of the molecule is CO.Cc1[nH]nc(C2CC2)c1-c1ccc(NC(=O)C(NC(=O)c2ccnn2C(C)C)C(C2CC2)C2CC2)cc1. The van der Waals surface area contributed by atoms with Crippen LogP contribution in [0.25, 0.3) is 11.1 Å². The van der Waals surface area contributed by atoms with Gasteiger partial charge in [-0.2, -0.15) is 10.2 Å². The van der Waals surface area contributed by atoms with Gasteiger partial charge in [0.2, 0.25) is 5.91 Å². The highest BCUT2D eigenvalue weighted by Gasteiger charge is 2.48. The number of carbonyl (C=O) groups excluding carboxylic acids is 2. The maximum atomic E-state index is 13.7. The van der Waals surface area contributed by atoms with E-state index in [1.54, 1.807) is 16.9 Å². The Hall–Kier alpha value is -3.46. The van der Waals surface area contributed by atoms with Gasteiger partial charge in [0.1, 0.15) is 11.7 Å². The Morgan fingerprint density at radius 2 is 1.64 bits per heavy atom. The van der Waals surface area contributed by atoms with Gasteiger partial charge in [0.15, 0.2) is 0 Å². The largest absolute Gasteiger partial charge is 0.400 e. The standard InChI is InChI=1S/C29H36N6O2.CH4O/c1-16(2)35-23(14-15-30-35)28(36)32-27(25(19-4-5-19)20-6-7-20)29(37)31-22-12-10-18(11-13-22)24-17(3)33-34-26(24)21-8-9-21;1-2/h10-16,19-21,25,27H,4-9H2,1-3H3,(H,31,37)(H,32,36)(H,33,34);2H,1H3. The zero-order chi connectivity index (χ0) is 27.7. The van der Waals surface area contributed by atoms with Crippen LogP contribution in [0.1, 0.15) is 86.2 Å². The summed E-state index contributed by atoms with van der Waals surface area (Å²) in [5.41, 5.74) is 5.72. The number of H-pyrrole nitrogens is 1. The number of aromatic nitrogens is 4. The summed E-state index contributed by atoms with van der Waals surface area (Å²) in [6, 6.07) is 9.21. The van der Waals surface area contributed by atoms with Crippen molar-refractivity contribution in [2.45, 2.75) is 77.3 Å². The van der Waals surface area contributed by atoms with Gasteiger partial charge in [-0.15, -0.1) is 0 Å². The predicted octanol–water partition coefficient (Wildman–Crippen LogP) is 4.82. The zero-order valence-corrected chi connectivity index (χ0v) is 23.3. The number of carbonyl (C=O) groups is 2. The van der Waals surface area contributed by atoms with E-state index in [4.69, 9.17) is 5.11 Å². The number of aliphatic hydroxyl groups excluding tert-OH is 1. The van der Waals surface area contributed by atoms with Crippen LogP contribution < -0.4 is 10.6 Å². The summed E-state index contributed by atoms with van der Waals surface area (Å²) in [6.45, 7) is 6.04. The highest BCUT2D eigenvalue weighted by Crippen LogP contribution is 2.51. The Labute approximate surface area is 229 Å². The van der Waals surface area contributed by atoms with Gasteiger partial charge in [-0.1, -0.05) is 12.1 Å². The molecule has 3 aromatic rings. The molecule has 2 aromatic heterocycles. The van der Waals surface area contributed by atoms with Gasteiger partial charge in [0, 0.05) is 42.2 Å². The molecule has 9 heteroatoms. The van der Waals surface area contributed by atoms with Crippen molar-refractivity contribution < 1.29 is 14.7 Å². The number of benzene rings is 1. The number of nitrogens with zero attached hydrogens (tertiary/aromatic N) is 3. The van der Waals surface area contributed by atoms with E-state index in [9.17, 15) is 9.59 Å². The molecule has 0 bridgehead atoms. The third-order valence-corrected chi connectivity index (χ3v) is 8.06. The second kappa shape index (κ2) is 11.3. The second-order valence-corrected chi connectivity index (χ2v) is 11.4. The monoisotopic (exact) mass is 532 g/mol. The van der Waals surface area contributed by atoms with Gasteiger partial charge < -0.3 is 15.7 Å². The van der Waals surface area contributed by atoms with Gasteiger partial charge in [-0.25, -0.2) is 0 Å². The van der Waals surface area contributed by atoms with Crippen LogP contribution >= 0.6 is 0 Å². The van der Waals surface area contributed by atoms with E-state index in [-0.39, 0.29) is 23.8 Å². The molecule has 3 fully saturated rings. The molecule has 2 heterocycles. The topological polar surface area (TPSA) is 125 Å². The van der Waals surface area contributed by atoms with Crippen LogP contribution in [0.15, 0.2) is 36.5 Å². The fraction of sp³-hybridized carbons (Fsp3) is 0.533. The normalized spacial score (nSPS) is 17.5. The number of aliphatic hydroxyl groups is 1. The minimum absolute atomic E-state index is 0.0588. The number of aromatic amines is 1. The summed E-state index contributed by atoms with van der Waals surface area (Å²) in [4.78, 5) is 27.0. The number of hydrogen-bond acceptors (Lipinski definition) is 5. The minimum atomic E-state index is -0.569. The molecule has 9 nitrogen and oxygen atoms in total. The van der Waals surface area contributed by atoms with E-state index in [0.29, 0.717) is 23.4 Å². The van der Waals surface area contributed by atoms with E-state index in [2.05, 4.69) is 32.9 Å². The number of aryl methyl sites for hydroxylation is 1. The fourth-order valence-electron chi connectivity index (χ4n) is 5.75. The van der Waals surface area contributed by atoms with E-state index >= 15 is 0 Å². The number of hydrogen-bond donors (Lipinski definition) is 4. The minimum Gasteiger partial charge on any atom is -0.400 e. The van der Waals surface area contributed by atoms with Crippen LogP contribution in [0, 0.1) is 24.7 Å². The number of amides is 2. The van der Waals surface area contributed by atoms with Crippen LogP contribution in [0.2, 0.25) is 0 Å². The second-order valence-electron chi connectivity index (χ2n) is 11.4. The van der Waals surface area contributed by atoms with Crippen molar-refractivity contribution in [3.63, 3.8) is 0 Å². The smallest absolute Gasteiger partial charge is 0.270 e. The number of nitrogens with one attached hydrogen (secondary N) is 3. The highest BCUT2D eigenvalue weighted by atomic mass is 16.2. The summed E-state index contributed by atoms with van der Waals surface area (Å²) in [5, 5.41) is 25.2. The number of rotatable bonds is 10. The van der Waals surface area contributed by atoms with Crippen LogP contribution in [0.3, 0.4) is 0 Å². The predicted molar refractivity (Wildman–Crippen MR) is 150 cm³/mol. The molecular weight excluding hydrogens is 492 g/mol. The van der Waals surface area contributed by atoms with Gasteiger partial charge in [0.25, 0.3) is 5.91 Å². The molecule has 2 amide bonds. The summed E-state index contributed by atoms with van der Waals surface area (Å²) >= 11 is 0. The van der Waals surface area contributed by atoms with E-state index < -0.39 is 6.04 Å². The first-order valence-corrected chi connectivity index (χ1v) is 14.2. The molecular formula is C30H40N6O3. The fourth-order valence-corrected chi connectivity index (χ4v) is 5.75. The molecule has 0 radical (unpaired) electrons. The van der Waals surface area contributed by atoms with Crippen molar-refractivity contribution in [1.82, 2.24) is 25.3 Å². The number of anilines is 1. The summed E-state index contributed by atoms with van der Waals surface area (Å²) < 4.78 is 1.71. The Kier molecular flexibility index (Phi) is 7.88. The average molecular weight is 533 g/mol. The van der Waals surface area contributed by atoms with Crippen molar-refractivity contribution in [2.75, 3.05) is 12.4 Å². The molecule has 3 aliphatic rings. The molecule has 208 valence electrons. The first-order valence-electron chi connectivity index (χ1n) is 14.2. The third-order valence-electron chi connectivity index (χ3n) is 8.06. The van der Waals surface area contributed by atoms with Crippen LogP contribution in [0.5, 0.6) is 0 Å². The van der Waals surface area contributed by atoms with Gasteiger partial charge in [-0.05, 0) is 101 Å². The lowest BCUT2D eigenvalue weighted by Gasteiger charge is -2.28. The van der Waals surface area contributed by atoms with Crippen molar-refractivity contribution in [1.29, 1.82) is 0 Å². The van der Waals surface area contributed by atoms with E-state index in [1.807, 2.05) is 38.1 Å². The maximum Gasteiger partial charge on any atom is 0.270 e. The first-order chi connectivity index (χ1) is 18.9. The molecule has 1 unspecified atom stereocenters. The van der Waals surface area contributed by atoms with Crippen LogP contribution in [0.4, 0.5) is 5.69 Å². The molecule has 0 aliphatic heterocycles.